The minimum atomic E-state index is -0.0642. The Morgan fingerprint density at radius 3 is 2.95 bits per heavy atom. The Morgan fingerprint density at radius 1 is 1.33 bits per heavy atom. The third-order valence-corrected chi connectivity index (χ3v) is 4.07. The Kier molecular flexibility index (Phi) is 3.81. The summed E-state index contributed by atoms with van der Waals surface area (Å²) in [7, 11) is 1.65. The fourth-order valence-electron chi connectivity index (χ4n) is 2.07. The zero-order valence-corrected chi connectivity index (χ0v) is 12.6. The number of fused-ring (bicyclic) bond motifs is 1. The van der Waals surface area contributed by atoms with Crippen molar-refractivity contribution in [2.45, 2.75) is 23.1 Å². The molecule has 0 aliphatic rings. The summed E-state index contributed by atoms with van der Waals surface area (Å²) >= 11 is 1.48. The predicted octanol–water partition coefficient (Wildman–Crippen LogP) is 3.14. The molecule has 5 nitrogen and oxygen atoms in total. The van der Waals surface area contributed by atoms with Gasteiger partial charge in [-0.15, -0.1) is 0 Å². The highest BCUT2D eigenvalue weighted by Gasteiger charge is 2.12. The zero-order chi connectivity index (χ0) is 14.8. The number of H-pyrrole nitrogens is 1. The molecular formula is C15H16N4OS. The number of nitrogens with two attached hydrogens (primary N) is 1. The molecule has 0 aliphatic heterocycles. The molecule has 1 aromatic carbocycles. The second kappa shape index (κ2) is 5.75. The molecule has 1 unspecified atom stereocenters. The fourth-order valence-corrected chi connectivity index (χ4v) is 3.04. The largest absolute Gasteiger partial charge is 0.497 e. The molecule has 0 spiro atoms. The summed E-state index contributed by atoms with van der Waals surface area (Å²) < 4.78 is 5.22. The van der Waals surface area contributed by atoms with Gasteiger partial charge in [-0.25, -0.2) is 9.97 Å². The van der Waals surface area contributed by atoms with E-state index in [0.717, 1.165) is 32.5 Å². The van der Waals surface area contributed by atoms with Crippen LogP contribution in [-0.2, 0) is 0 Å². The van der Waals surface area contributed by atoms with Crippen LogP contribution in [0.1, 0.15) is 18.5 Å². The summed E-state index contributed by atoms with van der Waals surface area (Å²) in [6.07, 6.45) is 1.76. The lowest BCUT2D eigenvalue weighted by atomic mass is 10.2. The first kappa shape index (κ1) is 13.9. The SMILES string of the molecule is COc1ccc2nc(Sc3ncccc3C(C)N)[nH]c2c1. The Labute approximate surface area is 126 Å². The highest BCUT2D eigenvalue weighted by atomic mass is 32.2. The van der Waals surface area contributed by atoms with E-state index in [9.17, 15) is 0 Å². The molecule has 0 saturated carbocycles. The number of hydrogen-bond acceptors (Lipinski definition) is 5. The van der Waals surface area contributed by atoms with Gasteiger partial charge in [-0.3, -0.25) is 0 Å². The number of methoxy groups -OCH3 is 1. The van der Waals surface area contributed by atoms with Crippen LogP contribution in [0.2, 0.25) is 0 Å². The van der Waals surface area contributed by atoms with Gasteiger partial charge >= 0.3 is 0 Å². The number of ether oxygens (including phenoxy) is 1. The number of hydrogen-bond donors (Lipinski definition) is 2. The molecule has 108 valence electrons. The summed E-state index contributed by atoms with van der Waals surface area (Å²) in [4.78, 5) is 12.2. The van der Waals surface area contributed by atoms with Gasteiger partial charge in [0.25, 0.3) is 0 Å². The number of imidazole rings is 1. The van der Waals surface area contributed by atoms with Crippen LogP contribution in [0.15, 0.2) is 46.7 Å². The van der Waals surface area contributed by atoms with Crippen LogP contribution < -0.4 is 10.5 Å². The molecule has 0 bridgehead atoms. The van der Waals surface area contributed by atoms with E-state index in [-0.39, 0.29) is 6.04 Å². The molecule has 3 N–H and O–H groups in total. The molecule has 6 heteroatoms. The minimum Gasteiger partial charge on any atom is -0.497 e. The zero-order valence-electron chi connectivity index (χ0n) is 11.8. The predicted molar refractivity (Wildman–Crippen MR) is 83.6 cm³/mol. The highest BCUT2D eigenvalue weighted by Crippen LogP contribution is 2.31. The van der Waals surface area contributed by atoms with Crippen LogP contribution in [0.5, 0.6) is 5.75 Å². The van der Waals surface area contributed by atoms with E-state index in [1.807, 2.05) is 37.3 Å². The second-order valence-electron chi connectivity index (χ2n) is 4.71. The highest BCUT2D eigenvalue weighted by molar-refractivity contribution is 7.99. The minimum absolute atomic E-state index is 0.0642. The number of nitrogens with zero attached hydrogens (tertiary/aromatic N) is 2. The average molecular weight is 300 g/mol. The summed E-state index contributed by atoms with van der Waals surface area (Å²) in [6.45, 7) is 1.95. The van der Waals surface area contributed by atoms with Gasteiger partial charge in [0, 0.05) is 23.9 Å². The first-order chi connectivity index (χ1) is 10.2. The van der Waals surface area contributed by atoms with Gasteiger partial charge in [-0.2, -0.15) is 0 Å². The van der Waals surface area contributed by atoms with Gasteiger partial charge in [-0.05, 0) is 36.9 Å². The quantitative estimate of drug-likeness (QED) is 0.774. The van der Waals surface area contributed by atoms with Gasteiger partial charge in [-0.1, -0.05) is 6.07 Å². The van der Waals surface area contributed by atoms with Crippen molar-refractivity contribution in [3.63, 3.8) is 0 Å². The number of rotatable bonds is 4. The van der Waals surface area contributed by atoms with E-state index >= 15 is 0 Å². The Hall–Kier alpha value is -2.05. The molecule has 3 aromatic rings. The molecule has 2 aromatic heterocycles. The van der Waals surface area contributed by atoms with Crippen molar-refractivity contribution in [3.8, 4) is 5.75 Å². The van der Waals surface area contributed by atoms with Crippen LogP contribution in [0.25, 0.3) is 11.0 Å². The Bertz CT molecular complexity index is 769. The smallest absolute Gasteiger partial charge is 0.172 e. The van der Waals surface area contributed by atoms with Crippen molar-refractivity contribution in [2.75, 3.05) is 7.11 Å². The summed E-state index contributed by atoms with van der Waals surface area (Å²) in [5, 5.41) is 1.66. The topological polar surface area (TPSA) is 76.8 Å². The van der Waals surface area contributed by atoms with E-state index in [1.54, 1.807) is 13.3 Å². The van der Waals surface area contributed by atoms with Crippen molar-refractivity contribution in [1.29, 1.82) is 0 Å². The lowest BCUT2D eigenvalue weighted by molar-refractivity contribution is 0.415. The standard InChI is InChI=1S/C15H16N4OS/c1-9(16)11-4-3-7-17-14(11)21-15-18-12-6-5-10(20-2)8-13(12)19-15/h3-9H,16H2,1-2H3,(H,18,19). The van der Waals surface area contributed by atoms with Crippen LogP contribution in [0.4, 0.5) is 0 Å². The molecule has 1 atom stereocenters. The monoisotopic (exact) mass is 300 g/mol. The van der Waals surface area contributed by atoms with Crippen molar-refractivity contribution in [1.82, 2.24) is 15.0 Å². The van der Waals surface area contributed by atoms with Gasteiger partial charge in [0.15, 0.2) is 5.16 Å². The van der Waals surface area contributed by atoms with Crippen molar-refractivity contribution in [2.24, 2.45) is 5.73 Å². The third-order valence-electron chi connectivity index (χ3n) is 3.15. The first-order valence-corrected chi connectivity index (χ1v) is 7.41. The van der Waals surface area contributed by atoms with E-state index < -0.39 is 0 Å². The number of benzene rings is 1. The molecule has 2 heterocycles. The first-order valence-electron chi connectivity index (χ1n) is 6.59. The number of nitrogens with one attached hydrogen (secondary N) is 1. The van der Waals surface area contributed by atoms with Crippen LogP contribution >= 0.6 is 11.8 Å². The molecule has 0 aliphatic carbocycles. The average Bonchev–Trinajstić information content (AvgIpc) is 2.88. The third kappa shape index (κ3) is 2.86. The molecule has 0 radical (unpaired) electrons. The Morgan fingerprint density at radius 2 is 2.19 bits per heavy atom. The van der Waals surface area contributed by atoms with E-state index in [2.05, 4.69) is 15.0 Å². The lowest BCUT2D eigenvalue weighted by Crippen LogP contribution is -2.07. The molecule has 0 fully saturated rings. The number of pyridine rings is 1. The molecular weight excluding hydrogens is 284 g/mol. The van der Waals surface area contributed by atoms with E-state index in [0.29, 0.717) is 0 Å². The summed E-state index contributed by atoms with van der Waals surface area (Å²) in [5.41, 5.74) is 8.83. The normalized spacial score (nSPS) is 12.5. The molecule has 3 rings (SSSR count). The van der Waals surface area contributed by atoms with Gasteiger partial charge < -0.3 is 15.5 Å². The van der Waals surface area contributed by atoms with E-state index in [1.165, 1.54) is 11.8 Å². The van der Waals surface area contributed by atoms with Crippen LogP contribution in [-0.4, -0.2) is 22.1 Å². The molecule has 0 saturated heterocycles. The maximum atomic E-state index is 5.98. The molecule has 0 amide bonds. The van der Waals surface area contributed by atoms with Crippen LogP contribution in [0, 0.1) is 0 Å². The van der Waals surface area contributed by atoms with Crippen LogP contribution in [0.3, 0.4) is 0 Å². The van der Waals surface area contributed by atoms with Crippen molar-refractivity contribution >= 4 is 22.8 Å². The molecule has 21 heavy (non-hydrogen) atoms. The van der Waals surface area contributed by atoms with Gasteiger partial charge in [0.1, 0.15) is 10.8 Å². The fraction of sp³-hybridized carbons (Fsp3) is 0.200. The number of aromatic amines is 1. The van der Waals surface area contributed by atoms with Crippen molar-refractivity contribution in [3.05, 3.63) is 42.1 Å². The van der Waals surface area contributed by atoms with Gasteiger partial charge in [0.2, 0.25) is 0 Å². The van der Waals surface area contributed by atoms with E-state index in [4.69, 9.17) is 10.5 Å². The van der Waals surface area contributed by atoms with Crippen molar-refractivity contribution < 1.29 is 4.74 Å². The summed E-state index contributed by atoms with van der Waals surface area (Å²) in [6, 6.07) is 9.58. The lowest BCUT2D eigenvalue weighted by Gasteiger charge is -2.09. The maximum absolute atomic E-state index is 5.98. The maximum Gasteiger partial charge on any atom is 0.172 e. The number of aromatic nitrogens is 3. The summed E-state index contributed by atoms with van der Waals surface area (Å²) in [5.74, 6) is 0.803. The van der Waals surface area contributed by atoms with Gasteiger partial charge in [0.05, 0.1) is 18.1 Å². The Balaban J connectivity index is 1.95. The second-order valence-corrected chi connectivity index (χ2v) is 5.69.